The fraction of sp³-hybridized carbons (Fsp3) is 0.0714. The number of carbonyl (C=O) groups is 1. The van der Waals surface area contributed by atoms with E-state index in [0.717, 1.165) is 4.47 Å². The fourth-order valence-corrected chi connectivity index (χ4v) is 2.32. The normalized spacial score (nSPS) is 10.6. The number of benzene rings is 1. The van der Waals surface area contributed by atoms with E-state index in [1.54, 1.807) is 42.2 Å². The maximum absolute atomic E-state index is 12.4. The van der Waals surface area contributed by atoms with Gasteiger partial charge in [0.05, 0.1) is 19.0 Å². The van der Waals surface area contributed by atoms with Crippen molar-refractivity contribution in [3.63, 3.8) is 0 Å². The van der Waals surface area contributed by atoms with Gasteiger partial charge in [-0.3, -0.25) is 4.79 Å². The number of ether oxygens (including phenoxy) is 1. The van der Waals surface area contributed by atoms with Crippen LogP contribution in [0.5, 0.6) is 5.75 Å². The Morgan fingerprint density at radius 1 is 1.43 bits per heavy atom. The molecule has 7 heteroatoms. The minimum atomic E-state index is -0.292. The second kappa shape index (κ2) is 5.53. The summed E-state index contributed by atoms with van der Waals surface area (Å²) in [6.07, 6.45) is 4.84. The molecule has 3 rings (SSSR count). The van der Waals surface area contributed by atoms with Crippen molar-refractivity contribution in [2.75, 3.05) is 12.4 Å². The summed E-state index contributed by atoms with van der Waals surface area (Å²) in [5.74, 6) is 0.288. The molecule has 0 unspecified atom stereocenters. The Morgan fingerprint density at radius 3 is 3.10 bits per heavy atom. The Morgan fingerprint density at radius 2 is 2.29 bits per heavy atom. The van der Waals surface area contributed by atoms with Crippen LogP contribution in [0.3, 0.4) is 0 Å². The zero-order valence-corrected chi connectivity index (χ0v) is 12.7. The van der Waals surface area contributed by atoms with E-state index in [9.17, 15) is 4.79 Å². The van der Waals surface area contributed by atoms with E-state index in [2.05, 4.69) is 31.3 Å². The topological polar surface area (TPSA) is 68.5 Å². The molecule has 106 valence electrons. The molecule has 0 saturated carbocycles. The molecule has 2 heterocycles. The van der Waals surface area contributed by atoms with Crippen LogP contribution in [0.15, 0.2) is 47.3 Å². The maximum Gasteiger partial charge on any atom is 0.261 e. The second-order valence-electron chi connectivity index (χ2n) is 4.24. The molecule has 3 aromatic rings. The van der Waals surface area contributed by atoms with Gasteiger partial charge in [0.1, 0.15) is 11.3 Å². The van der Waals surface area contributed by atoms with Crippen molar-refractivity contribution in [1.82, 2.24) is 14.6 Å². The molecule has 2 aromatic heterocycles. The summed E-state index contributed by atoms with van der Waals surface area (Å²) in [6, 6.07) is 7.13. The molecule has 0 saturated heterocycles. The number of anilines is 1. The summed E-state index contributed by atoms with van der Waals surface area (Å²) in [5.41, 5.74) is 1.48. The maximum atomic E-state index is 12.4. The van der Waals surface area contributed by atoms with Crippen molar-refractivity contribution in [3.05, 3.63) is 52.9 Å². The lowest BCUT2D eigenvalue weighted by Crippen LogP contribution is -2.12. The number of amides is 1. The summed E-state index contributed by atoms with van der Waals surface area (Å²) in [7, 11) is 1.55. The van der Waals surface area contributed by atoms with Gasteiger partial charge < -0.3 is 10.1 Å². The Hall–Kier alpha value is -2.41. The van der Waals surface area contributed by atoms with Crippen LogP contribution in [-0.2, 0) is 0 Å². The highest BCUT2D eigenvalue weighted by atomic mass is 79.9. The predicted molar refractivity (Wildman–Crippen MR) is 81.6 cm³/mol. The molecule has 0 aliphatic carbocycles. The van der Waals surface area contributed by atoms with E-state index in [-0.39, 0.29) is 5.91 Å². The molecule has 0 spiro atoms. The fourth-order valence-electron chi connectivity index (χ4n) is 1.95. The highest BCUT2D eigenvalue weighted by molar-refractivity contribution is 9.10. The molecular weight excluding hydrogens is 336 g/mol. The Balaban J connectivity index is 1.95. The molecular formula is C14H11BrN4O2. The zero-order valence-electron chi connectivity index (χ0n) is 11.1. The highest BCUT2D eigenvalue weighted by Gasteiger charge is 2.15. The first-order chi connectivity index (χ1) is 10.2. The van der Waals surface area contributed by atoms with Crippen LogP contribution in [0.25, 0.3) is 5.65 Å². The molecule has 0 aliphatic heterocycles. The molecule has 21 heavy (non-hydrogen) atoms. The van der Waals surface area contributed by atoms with Gasteiger partial charge in [-0.25, -0.2) is 9.50 Å². The largest absolute Gasteiger partial charge is 0.495 e. The molecule has 1 amide bonds. The molecule has 0 aliphatic rings. The number of rotatable bonds is 3. The number of halogens is 1. The van der Waals surface area contributed by atoms with E-state index in [1.807, 2.05) is 6.07 Å². The van der Waals surface area contributed by atoms with Gasteiger partial charge in [-0.15, -0.1) is 0 Å². The summed E-state index contributed by atoms with van der Waals surface area (Å²) in [5, 5.41) is 6.90. The first-order valence-corrected chi connectivity index (χ1v) is 6.91. The van der Waals surface area contributed by atoms with E-state index in [0.29, 0.717) is 22.6 Å². The number of hydrogen-bond acceptors (Lipinski definition) is 4. The van der Waals surface area contributed by atoms with Crippen molar-refractivity contribution in [2.24, 2.45) is 0 Å². The Labute approximate surface area is 128 Å². The lowest BCUT2D eigenvalue weighted by molar-refractivity contribution is 0.102. The molecule has 6 nitrogen and oxygen atoms in total. The lowest BCUT2D eigenvalue weighted by Gasteiger charge is -2.09. The average Bonchev–Trinajstić information content (AvgIpc) is 2.91. The number of nitrogens with one attached hydrogen (secondary N) is 1. The second-order valence-corrected chi connectivity index (χ2v) is 5.16. The minimum Gasteiger partial charge on any atom is -0.495 e. The van der Waals surface area contributed by atoms with Gasteiger partial charge in [0.2, 0.25) is 0 Å². The van der Waals surface area contributed by atoms with Crippen molar-refractivity contribution < 1.29 is 9.53 Å². The summed E-state index contributed by atoms with van der Waals surface area (Å²) >= 11 is 3.37. The van der Waals surface area contributed by atoms with Crippen LogP contribution >= 0.6 is 15.9 Å². The first-order valence-electron chi connectivity index (χ1n) is 6.12. The number of methoxy groups -OCH3 is 1. The van der Waals surface area contributed by atoms with Crippen molar-refractivity contribution in [3.8, 4) is 5.75 Å². The molecule has 0 atom stereocenters. The van der Waals surface area contributed by atoms with Gasteiger partial charge >= 0.3 is 0 Å². The van der Waals surface area contributed by atoms with Crippen molar-refractivity contribution in [1.29, 1.82) is 0 Å². The molecule has 0 bridgehead atoms. The van der Waals surface area contributed by atoms with Crippen LogP contribution < -0.4 is 10.1 Å². The van der Waals surface area contributed by atoms with E-state index < -0.39 is 0 Å². The summed E-state index contributed by atoms with van der Waals surface area (Å²) < 4.78 is 7.63. The summed E-state index contributed by atoms with van der Waals surface area (Å²) in [6.45, 7) is 0. The third kappa shape index (κ3) is 2.59. The van der Waals surface area contributed by atoms with Crippen molar-refractivity contribution in [2.45, 2.75) is 0 Å². The molecule has 0 fully saturated rings. The third-order valence-electron chi connectivity index (χ3n) is 2.93. The van der Waals surface area contributed by atoms with Crippen LogP contribution in [0, 0.1) is 0 Å². The summed E-state index contributed by atoms with van der Waals surface area (Å²) in [4.78, 5) is 16.6. The van der Waals surface area contributed by atoms with Crippen LogP contribution in [0.1, 0.15) is 10.4 Å². The number of aromatic nitrogens is 3. The first kappa shape index (κ1) is 13.6. The average molecular weight is 347 g/mol. The smallest absolute Gasteiger partial charge is 0.261 e. The van der Waals surface area contributed by atoms with Crippen LogP contribution in [0.2, 0.25) is 0 Å². The Kier molecular flexibility index (Phi) is 3.57. The highest BCUT2D eigenvalue weighted by Crippen LogP contribution is 2.28. The predicted octanol–water partition coefficient (Wildman–Crippen LogP) is 2.75. The van der Waals surface area contributed by atoms with E-state index >= 15 is 0 Å². The quantitative estimate of drug-likeness (QED) is 0.791. The number of hydrogen-bond donors (Lipinski definition) is 1. The minimum absolute atomic E-state index is 0.292. The van der Waals surface area contributed by atoms with Gasteiger partial charge in [-0.2, -0.15) is 5.10 Å². The van der Waals surface area contributed by atoms with Crippen LogP contribution in [-0.4, -0.2) is 27.6 Å². The van der Waals surface area contributed by atoms with Gasteiger partial charge in [0.15, 0.2) is 5.65 Å². The van der Waals surface area contributed by atoms with Gasteiger partial charge in [-0.1, -0.05) is 15.9 Å². The van der Waals surface area contributed by atoms with Gasteiger partial charge in [0, 0.05) is 16.9 Å². The van der Waals surface area contributed by atoms with Crippen molar-refractivity contribution >= 4 is 33.2 Å². The molecule has 0 radical (unpaired) electrons. The SMILES string of the molecule is COc1ccc(Br)cc1NC(=O)c1cnn2cccnc12. The van der Waals surface area contributed by atoms with Gasteiger partial charge in [-0.05, 0) is 24.3 Å². The molecule has 1 N–H and O–H groups in total. The number of fused-ring (bicyclic) bond motifs is 1. The van der Waals surface area contributed by atoms with E-state index in [4.69, 9.17) is 4.74 Å². The van der Waals surface area contributed by atoms with Gasteiger partial charge in [0.25, 0.3) is 5.91 Å². The van der Waals surface area contributed by atoms with E-state index in [1.165, 1.54) is 6.20 Å². The van der Waals surface area contributed by atoms with Crippen LogP contribution in [0.4, 0.5) is 5.69 Å². The third-order valence-corrected chi connectivity index (χ3v) is 3.43. The number of nitrogens with zero attached hydrogens (tertiary/aromatic N) is 3. The Bertz CT molecular complexity index is 816. The standard InChI is InChI=1S/C14H11BrN4O2/c1-21-12-4-3-9(15)7-11(12)18-14(20)10-8-17-19-6-2-5-16-13(10)19/h2-8H,1H3,(H,18,20). The molecule has 1 aromatic carbocycles. The lowest BCUT2D eigenvalue weighted by atomic mass is 10.2. The monoisotopic (exact) mass is 346 g/mol. The number of carbonyl (C=O) groups excluding carboxylic acids is 1. The zero-order chi connectivity index (χ0) is 14.8.